The normalized spacial score (nSPS) is 17.5. The minimum absolute atomic E-state index is 0.111. The van der Waals surface area contributed by atoms with Gasteiger partial charge in [0.15, 0.2) is 9.84 Å². The molecule has 0 radical (unpaired) electrons. The summed E-state index contributed by atoms with van der Waals surface area (Å²) in [6.07, 6.45) is 1.56. The summed E-state index contributed by atoms with van der Waals surface area (Å²) in [5, 5.41) is 0. The van der Waals surface area contributed by atoms with Crippen LogP contribution >= 0.6 is 0 Å². The maximum atomic E-state index is 11.8. The third-order valence-electron chi connectivity index (χ3n) is 2.98. The van der Waals surface area contributed by atoms with Crippen molar-refractivity contribution in [1.82, 2.24) is 0 Å². The van der Waals surface area contributed by atoms with Gasteiger partial charge < -0.3 is 5.73 Å². The molecule has 0 spiro atoms. The lowest BCUT2D eigenvalue weighted by molar-refractivity contribution is 0.430. The summed E-state index contributed by atoms with van der Waals surface area (Å²) in [6, 6.07) is 0.111. The van der Waals surface area contributed by atoms with Crippen molar-refractivity contribution >= 4 is 9.84 Å². The highest BCUT2D eigenvalue weighted by molar-refractivity contribution is 7.92. The van der Waals surface area contributed by atoms with Gasteiger partial charge in [0.25, 0.3) is 0 Å². The maximum Gasteiger partial charge on any atom is 0.155 e. The van der Waals surface area contributed by atoms with E-state index in [1.54, 1.807) is 20.8 Å². The highest BCUT2D eigenvalue weighted by atomic mass is 32.2. The summed E-state index contributed by atoms with van der Waals surface area (Å²) in [5.74, 6) is 0.512. The van der Waals surface area contributed by atoms with Crippen LogP contribution < -0.4 is 5.73 Å². The van der Waals surface area contributed by atoms with Crippen LogP contribution in [-0.2, 0) is 9.84 Å². The molecule has 0 aliphatic rings. The van der Waals surface area contributed by atoms with Crippen molar-refractivity contribution in [1.29, 1.82) is 0 Å². The second-order valence-electron chi connectivity index (χ2n) is 5.27. The fraction of sp³-hybridized carbons (Fsp3) is 1.00. The van der Waals surface area contributed by atoms with Crippen LogP contribution in [0.2, 0.25) is 0 Å². The molecule has 4 heteroatoms. The van der Waals surface area contributed by atoms with E-state index in [0.29, 0.717) is 6.42 Å². The van der Waals surface area contributed by atoms with E-state index >= 15 is 0 Å². The Balaban J connectivity index is 4.29. The lowest BCUT2D eigenvalue weighted by atomic mass is 9.98. The van der Waals surface area contributed by atoms with Crippen LogP contribution in [0.3, 0.4) is 0 Å². The third-order valence-corrected chi connectivity index (χ3v) is 5.62. The van der Waals surface area contributed by atoms with Gasteiger partial charge in [0, 0.05) is 6.04 Å². The summed E-state index contributed by atoms with van der Waals surface area (Å²) in [5.41, 5.74) is 5.86. The lowest BCUT2D eigenvalue weighted by Crippen LogP contribution is -2.34. The first-order valence-electron chi connectivity index (χ1n) is 5.59. The molecule has 0 aromatic carbocycles. The Morgan fingerprint density at radius 1 is 1.27 bits per heavy atom. The Kier molecular flexibility index (Phi) is 5.27. The summed E-state index contributed by atoms with van der Waals surface area (Å²) in [4.78, 5) is 0. The van der Waals surface area contributed by atoms with Crippen molar-refractivity contribution in [2.75, 3.05) is 5.75 Å². The molecule has 0 rings (SSSR count). The van der Waals surface area contributed by atoms with Crippen molar-refractivity contribution in [2.45, 2.75) is 58.2 Å². The molecular formula is C11H25NO2S. The first kappa shape index (κ1) is 14.9. The summed E-state index contributed by atoms with van der Waals surface area (Å²) in [7, 11) is -2.99. The van der Waals surface area contributed by atoms with Gasteiger partial charge in [-0.3, -0.25) is 0 Å². The van der Waals surface area contributed by atoms with Crippen molar-refractivity contribution in [2.24, 2.45) is 11.7 Å². The summed E-state index contributed by atoms with van der Waals surface area (Å²) < 4.78 is 23.0. The largest absolute Gasteiger partial charge is 0.327 e. The maximum absolute atomic E-state index is 11.8. The van der Waals surface area contributed by atoms with Gasteiger partial charge in [-0.25, -0.2) is 8.42 Å². The Morgan fingerprint density at radius 2 is 1.73 bits per heavy atom. The lowest BCUT2D eigenvalue weighted by Gasteiger charge is -2.22. The predicted octanol–water partition coefficient (Wildman–Crippen LogP) is 1.96. The number of rotatable bonds is 5. The minimum atomic E-state index is -2.99. The zero-order chi connectivity index (χ0) is 12.3. The molecule has 0 aromatic rings. The highest BCUT2D eigenvalue weighted by Gasteiger charge is 2.29. The molecule has 0 aromatic heterocycles. The monoisotopic (exact) mass is 235 g/mol. The van der Waals surface area contributed by atoms with Crippen LogP contribution in [0.15, 0.2) is 0 Å². The van der Waals surface area contributed by atoms with E-state index in [9.17, 15) is 8.42 Å². The van der Waals surface area contributed by atoms with Crippen LogP contribution in [0.5, 0.6) is 0 Å². The smallest absolute Gasteiger partial charge is 0.155 e. The molecular weight excluding hydrogens is 210 g/mol. The fourth-order valence-electron chi connectivity index (χ4n) is 1.26. The van der Waals surface area contributed by atoms with Crippen molar-refractivity contribution < 1.29 is 8.42 Å². The van der Waals surface area contributed by atoms with Gasteiger partial charge >= 0.3 is 0 Å². The third kappa shape index (κ3) is 4.51. The van der Waals surface area contributed by atoms with Gasteiger partial charge in [-0.15, -0.1) is 0 Å². The number of sulfone groups is 1. The van der Waals surface area contributed by atoms with E-state index in [4.69, 9.17) is 5.73 Å². The Morgan fingerprint density at radius 3 is 2.07 bits per heavy atom. The molecule has 2 unspecified atom stereocenters. The standard InChI is InChI=1S/C11H25NO2S/c1-6-10(12)9(2)7-8-15(13,14)11(3,4)5/h9-10H,6-8,12H2,1-5H3. The number of nitrogens with two attached hydrogens (primary N) is 1. The molecule has 2 N–H and O–H groups in total. The zero-order valence-corrected chi connectivity index (χ0v) is 11.4. The average molecular weight is 235 g/mol. The quantitative estimate of drug-likeness (QED) is 0.792. The summed E-state index contributed by atoms with van der Waals surface area (Å²) in [6.45, 7) is 9.28. The molecule has 0 saturated heterocycles. The van der Waals surface area contributed by atoms with E-state index in [2.05, 4.69) is 0 Å². The topological polar surface area (TPSA) is 60.2 Å². The van der Waals surface area contributed by atoms with Gasteiger partial charge in [-0.05, 0) is 39.5 Å². The first-order chi connectivity index (χ1) is 6.62. The molecule has 0 bridgehead atoms. The molecule has 0 amide bonds. The molecule has 0 fully saturated rings. The van der Waals surface area contributed by atoms with Gasteiger partial charge in [-0.1, -0.05) is 13.8 Å². The van der Waals surface area contributed by atoms with E-state index in [1.165, 1.54) is 0 Å². The van der Waals surface area contributed by atoms with Crippen LogP contribution in [0.25, 0.3) is 0 Å². The highest BCUT2D eigenvalue weighted by Crippen LogP contribution is 2.19. The molecule has 92 valence electrons. The Hall–Kier alpha value is -0.0900. The number of hydrogen-bond acceptors (Lipinski definition) is 3. The molecule has 3 nitrogen and oxygen atoms in total. The van der Waals surface area contributed by atoms with Crippen LogP contribution in [0, 0.1) is 5.92 Å². The molecule has 2 atom stereocenters. The second-order valence-corrected chi connectivity index (χ2v) is 8.13. The minimum Gasteiger partial charge on any atom is -0.327 e. The van der Waals surface area contributed by atoms with Gasteiger partial charge in [0.2, 0.25) is 0 Å². The zero-order valence-electron chi connectivity index (χ0n) is 10.6. The first-order valence-corrected chi connectivity index (χ1v) is 7.25. The van der Waals surface area contributed by atoms with Crippen LogP contribution in [0.4, 0.5) is 0 Å². The van der Waals surface area contributed by atoms with Crippen LogP contribution in [-0.4, -0.2) is 25.0 Å². The molecule has 0 heterocycles. The van der Waals surface area contributed by atoms with Gasteiger partial charge in [0.1, 0.15) is 0 Å². The van der Waals surface area contributed by atoms with Crippen molar-refractivity contribution in [3.05, 3.63) is 0 Å². The predicted molar refractivity (Wildman–Crippen MR) is 65.6 cm³/mol. The second kappa shape index (κ2) is 5.30. The SMILES string of the molecule is CCC(N)C(C)CCS(=O)(=O)C(C)(C)C. The molecule has 0 aliphatic carbocycles. The van der Waals surface area contributed by atoms with Crippen molar-refractivity contribution in [3.8, 4) is 0 Å². The average Bonchev–Trinajstić information content (AvgIpc) is 2.11. The van der Waals surface area contributed by atoms with E-state index < -0.39 is 14.6 Å². The van der Waals surface area contributed by atoms with Gasteiger partial charge in [0.05, 0.1) is 10.5 Å². The van der Waals surface area contributed by atoms with Gasteiger partial charge in [-0.2, -0.15) is 0 Å². The Labute approximate surface area is 94.4 Å². The van der Waals surface area contributed by atoms with Crippen LogP contribution in [0.1, 0.15) is 47.5 Å². The molecule has 15 heavy (non-hydrogen) atoms. The molecule has 0 saturated carbocycles. The summed E-state index contributed by atoms with van der Waals surface area (Å²) >= 11 is 0. The van der Waals surface area contributed by atoms with E-state index in [-0.39, 0.29) is 17.7 Å². The van der Waals surface area contributed by atoms with Crippen molar-refractivity contribution in [3.63, 3.8) is 0 Å². The number of hydrogen-bond donors (Lipinski definition) is 1. The fourth-order valence-corrected chi connectivity index (χ4v) is 2.56. The Bertz CT molecular complexity index is 277. The van der Waals surface area contributed by atoms with E-state index in [1.807, 2.05) is 13.8 Å². The van der Waals surface area contributed by atoms with E-state index in [0.717, 1.165) is 6.42 Å². The molecule has 0 aliphatic heterocycles.